The summed E-state index contributed by atoms with van der Waals surface area (Å²) in [5, 5.41) is 6.23. The zero-order valence-electron chi connectivity index (χ0n) is 6.65. The number of hydrogen-bond donors (Lipinski definition) is 2. The highest BCUT2D eigenvalue weighted by Crippen LogP contribution is 2.02. The van der Waals surface area contributed by atoms with Gasteiger partial charge in [0.05, 0.1) is 18.1 Å². The van der Waals surface area contributed by atoms with Crippen LogP contribution in [0.3, 0.4) is 0 Å². The van der Waals surface area contributed by atoms with Gasteiger partial charge < -0.3 is 10.6 Å². The van der Waals surface area contributed by atoms with E-state index in [0.717, 1.165) is 12.4 Å². The summed E-state index contributed by atoms with van der Waals surface area (Å²) in [4.78, 5) is 4.22. The molecule has 56 valence electrons. The molecule has 1 heterocycles. The van der Waals surface area contributed by atoms with Gasteiger partial charge in [0.2, 0.25) is 0 Å². The zero-order valence-corrected chi connectivity index (χ0v) is 6.65. The Labute approximate surface area is 61.2 Å². The van der Waals surface area contributed by atoms with Crippen molar-refractivity contribution >= 4 is 5.84 Å². The number of nitrogens with zero attached hydrogens (tertiary/aromatic N) is 1. The number of hydrogen-bond acceptors (Lipinski definition) is 3. The first-order valence-corrected chi connectivity index (χ1v) is 3.39. The van der Waals surface area contributed by atoms with Gasteiger partial charge in [-0.1, -0.05) is 0 Å². The van der Waals surface area contributed by atoms with Crippen LogP contribution in [0.25, 0.3) is 0 Å². The summed E-state index contributed by atoms with van der Waals surface area (Å²) in [5.74, 6) is 0.997. The van der Waals surface area contributed by atoms with E-state index in [-0.39, 0.29) is 0 Å². The molecule has 0 bridgehead atoms. The quantitative estimate of drug-likeness (QED) is 0.553. The smallest absolute Gasteiger partial charge is 0.0978 e. The standard InChI is InChI=1S/C7H13N3/c1-5-7(8-3)4-9-6(2)10-5/h8H,4H2,1-3H3,(H,9,10). The Hall–Kier alpha value is -0.990. The molecule has 0 radical (unpaired) electrons. The summed E-state index contributed by atoms with van der Waals surface area (Å²) in [7, 11) is 1.91. The first-order valence-electron chi connectivity index (χ1n) is 3.39. The maximum absolute atomic E-state index is 4.22. The fourth-order valence-electron chi connectivity index (χ4n) is 0.969. The monoisotopic (exact) mass is 139 g/mol. The summed E-state index contributed by atoms with van der Waals surface area (Å²) >= 11 is 0. The third-order valence-electron chi connectivity index (χ3n) is 1.60. The van der Waals surface area contributed by atoms with Gasteiger partial charge in [-0.2, -0.15) is 0 Å². The summed E-state index contributed by atoms with van der Waals surface area (Å²) in [6.45, 7) is 4.79. The summed E-state index contributed by atoms with van der Waals surface area (Å²) < 4.78 is 0. The lowest BCUT2D eigenvalue weighted by Gasteiger charge is -2.16. The molecule has 1 rings (SSSR count). The van der Waals surface area contributed by atoms with E-state index in [9.17, 15) is 0 Å². The Morgan fingerprint density at radius 1 is 1.50 bits per heavy atom. The summed E-state index contributed by atoms with van der Waals surface area (Å²) in [6.07, 6.45) is 0. The Morgan fingerprint density at radius 3 is 2.70 bits per heavy atom. The average Bonchev–Trinajstić information content (AvgIpc) is 1.88. The van der Waals surface area contributed by atoms with Gasteiger partial charge in [0.25, 0.3) is 0 Å². The largest absolute Gasteiger partial charge is 0.389 e. The molecule has 0 aliphatic carbocycles. The predicted molar refractivity (Wildman–Crippen MR) is 42.9 cm³/mol. The molecule has 0 saturated carbocycles. The summed E-state index contributed by atoms with van der Waals surface area (Å²) in [5.41, 5.74) is 2.35. The molecular weight excluding hydrogens is 126 g/mol. The molecule has 0 atom stereocenters. The molecule has 0 aromatic carbocycles. The molecule has 1 aliphatic heterocycles. The van der Waals surface area contributed by atoms with Crippen molar-refractivity contribution in [1.82, 2.24) is 10.6 Å². The van der Waals surface area contributed by atoms with Crippen LogP contribution in [-0.4, -0.2) is 19.4 Å². The Bertz CT molecular complexity index is 191. The van der Waals surface area contributed by atoms with Gasteiger partial charge in [-0.3, -0.25) is 4.99 Å². The van der Waals surface area contributed by atoms with Crippen molar-refractivity contribution in [3.8, 4) is 0 Å². The molecule has 0 fully saturated rings. The fraction of sp³-hybridized carbons (Fsp3) is 0.571. The van der Waals surface area contributed by atoms with E-state index < -0.39 is 0 Å². The van der Waals surface area contributed by atoms with Gasteiger partial charge in [-0.05, 0) is 13.8 Å². The predicted octanol–water partition coefficient (Wildman–Crippen LogP) is 0.459. The minimum Gasteiger partial charge on any atom is -0.389 e. The second-order valence-electron chi connectivity index (χ2n) is 2.38. The molecule has 1 aliphatic rings. The van der Waals surface area contributed by atoms with Gasteiger partial charge in [-0.25, -0.2) is 0 Å². The van der Waals surface area contributed by atoms with Crippen LogP contribution in [0.1, 0.15) is 13.8 Å². The molecule has 3 nitrogen and oxygen atoms in total. The number of allylic oxidation sites excluding steroid dienone is 1. The molecule has 0 spiro atoms. The number of amidine groups is 1. The van der Waals surface area contributed by atoms with Gasteiger partial charge in [0.1, 0.15) is 0 Å². The van der Waals surface area contributed by atoms with E-state index in [1.54, 1.807) is 0 Å². The van der Waals surface area contributed by atoms with E-state index in [1.807, 2.05) is 20.9 Å². The van der Waals surface area contributed by atoms with Gasteiger partial charge in [0.15, 0.2) is 0 Å². The minimum absolute atomic E-state index is 0.779. The van der Waals surface area contributed by atoms with Crippen LogP contribution in [0, 0.1) is 0 Å². The van der Waals surface area contributed by atoms with E-state index in [2.05, 4.69) is 15.6 Å². The van der Waals surface area contributed by atoms with Crippen LogP contribution >= 0.6 is 0 Å². The molecular formula is C7H13N3. The van der Waals surface area contributed by atoms with Gasteiger partial charge in [-0.15, -0.1) is 0 Å². The number of nitrogens with one attached hydrogen (secondary N) is 2. The Morgan fingerprint density at radius 2 is 2.20 bits per heavy atom. The molecule has 0 aromatic heterocycles. The minimum atomic E-state index is 0.779. The maximum atomic E-state index is 4.22. The highest BCUT2D eigenvalue weighted by molar-refractivity contribution is 5.82. The third-order valence-corrected chi connectivity index (χ3v) is 1.60. The fourth-order valence-corrected chi connectivity index (χ4v) is 0.969. The van der Waals surface area contributed by atoms with Crippen molar-refractivity contribution in [2.24, 2.45) is 4.99 Å². The van der Waals surface area contributed by atoms with Crippen LogP contribution < -0.4 is 10.6 Å². The maximum Gasteiger partial charge on any atom is 0.0978 e. The first-order chi connectivity index (χ1) is 4.74. The molecule has 10 heavy (non-hydrogen) atoms. The second kappa shape index (κ2) is 2.73. The third kappa shape index (κ3) is 1.29. The average molecular weight is 139 g/mol. The normalized spacial score (nSPS) is 18.1. The van der Waals surface area contributed by atoms with Crippen molar-refractivity contribution < 1.29 is 0 Å². The van der Waals surface area contributed by atoms with Crippen LogP contribution in [0.2, 0.25) is 0 Å². The summed E-state index contributed by atoms with van der Waals surface area (Å²) in [6, 6.07) is 0. The highest BCUT2D eigenvalue weighted by Gasteiger charge is 2.05. The Kier molecular flexibility index (Phi) is 1.94. The Balaban J connectivity index is 2.68. The molecule has 0 amide bonds. The highest BCUT2D eigenvalue weighted by atomic mass is 15.1. The van der Waals surface area contributed by atoms with Crippen molar-refractivity contribution in [3.63, 3.8) is 0 Å². The molecule has 0 unspecified atom stereocenters. The van der Waals surface area contributed by atoms with Crippen molar-refractivity contribution in [2.45, 2.75) is 13.8 Å². The van der Waals surface area contributed by atoms with Crippen molar-refractivity contribution in [3.05, 3.63) is 11.4 Å². The van der Waals surface area contributed by atoms with E-state index >= 15 is 0 Å². The number of rotatable bonds is 1. The van der Waals surface area contributed by atoms with Crippen LogP contribution in [0.15, 0.2) is 16.4 Å². The van der Waals surface area contributed by atoms with Crippen LogP contribution in [0.4, 0.5) is 0 Å². The van der Waals surface area contributed by atoms with Gasteiger partial charge >= 0.3 is 0 Å². The first kappa shape index (κ1) is 7.12. The SMILES string of the molecule is CNC1=C(C)NC(C)=NC1. The number of likely N-dealkylation sites (N-methyl/N-ethyl adjacent to an activating group) is 1. The molecule has 0 saturated heterocycles. The lowest BCUT2D eigenvalue weighted by molar-refractivity contribution is 0.839. The van der Waals surface area contributed by atoms with Gasteiger partial charge in [0, 0.05) is 12.7 Å². The number of aliphatic imine (C=N–C) groups is 1. The zero-order chi connectivity index (χ0) is 7.56. The van der Waals surface area contributed by atoms with E-state index in [4.69, 9.17) is 0 Å². The molecule has 3 heteroatoms. The van der Waals surface area contributed by atoms with E-state index in [1.165, 1.54) is 11.4 Å². The second-order valence-corrected chi connectivity index (χ2v) is 2.38. The van der Waals surface area contributed by atoms with Crippen LogP contribution in [0.5, 0.6) is 0 Å². The molecule has 0 aromatic rings. The van der Waals surface area contributed by atoms with Crippen LogP contribution in [-0.2, 0) is 0 Å². The van der Waals surface area contributed by atoms with Crippen molar-refractivity contribution in [1.29, 1.82) is 0 Å². The molecule has 2 N–H and O–H groups in total. The lowest BCUT2D eigenvalue weighted by atomic mass is 10.3. The lowest BCUT2D eigenvalue weighted by Crippen LogP contribution is -2.28. The topological polar surface area (TPSA) is 36.4 Å². The van der Waals surface area contributed by atoms with Crippen molar-refractivity contribution in [2.75, 3.05) is 13.6 Å². The van der Waals surface area contributed by atoms with E-state index in [0.29, 0.717) is 0 Å².